The Bertz CT molecular complexity index is 1340. The van der Waals surface area contributed by atoms with Gasteiger partial charge in [-0.3, -0.25) is 4.57 Å². The molecule has 32 heavy (non-hydrogen) atoms. The molecule has 0 aliphatic rings. The van der Waals surface area contributed by atoms with Crippen molar-refractivity contribution < 1.29 is 18.7 Å². The first-order chi connectivity index (χ1) is 15.5. The molecule has 6 nitrogen and oxygen atoms in total. The van der Waals surface area contributed by atoms with Crippen LogP contribution in [0.15, 0.2) is 60.7 Å². The summed E-state index contributed by atoms with van der Waals surface area (Å²) in [7, 11) is 1.34. The number of carbonyl (C=O) groups is 1. The second kappa shape index (κ2) is 8.90. The van der Waals surface area contributed by atoms with Crippen LogP contribution in [-0.2, 0) is 11.3 Å². The Labute approximate surface area is 184 Å². The standard InChI is InChI=1S/C25H20FN3O3/c1-4-32-25-28-22-7-5-6-19(24(30)31-3)23(22)29(25)15-16-8-10-17(11-9-16)20-14-18(26)12-13-21(20)27-2/h5-14H,4,15H2,1,3H3. The molecule has 0 unspecified atom stereocenters. The molecule has 0 bridgehead atoms. The average Bonchev–Trinajstić information content (AvgIpc) is 3.16. The molecule has 0 saturated heterocycles. The molecule has 4 rings (SSSR count). The number of hydrogen-bond acceptors (Lipinski definition) is 4. The summed E-state index contributed by atoms with van der Waals surface area (Å²) in [5.41, 5.74) is 4.27. The van der Waals surface area contributed by atoms with Gasteiger partial charge < -0.3 is 9.47 Å². The average molecular weight is 429 g/mol. The highest BCUT2D eigenvalue weighted by Crippen LogP contribution is 2.32. The molecule has 1 aromatic heterocycles. The Morgan fingerprint density at radius 2 is 1.94 bits per heavy atom. The van der Waals surface area contributed by atoms with Gasteiger partial charge in [0.05, 0.1) is 43.4 Å². The van der Waals surface area contributed by atoms with Gasteiger partial charge in [-0.2, -0.15) is 4.98 Å². The van der Waals surface area contributed by atoms with Crippen LogP contribution in [0.1, 0.15) is 22.8 Å². The van der Waals surface area contributed by atoms with Gasteiger partial charge in [-0.15, -0.1) is 0 Å². The SMILES string of the molecule is [C-]#[N+]c1ccc(F)cc1-c1ccc(Cn2c(OCC)nc3cccc(C(=O)OC)c32)cc1. The number of ether oxygens (including phenoxy) is 2. The van der Waals surface area contributed by atoms with Crippen LogP contribution in [0.2, 0.25) is 0 Å². The van der Waals surface area contributed by atoms with Gasteiger partial charge in [0.25, 0.3) is 6.01 Å². The summed E-state index contributed by atoms with van der Waals surface area (Å²) in [6.45, 7) is 10.0. The highest BCUT2D eigenvalue weighted by Gasteiger charge is 2.19. The number of fused-ring (bicyclic) bond motifs is 1. The van der Waals surface area contributed by atoms with E-state index < -0.39 is 11.8 Å². The van der Waals surface area contributed by atoms with Crippen LogP contribution in [0, 0.1) is 12.4 Å². The molecule has 0 saturated carbocycles. The van der Waals surface area contributed by atoms with E-state index in [-0.39, 0.29) is 0 Å². The number of benzene rings is 3. The van der Waals surface area contributed by atoms with E-state index in [0.29, 0.717) is 47.0 Å². The number of nitrogens with zero attached hydrogens (tertiary/aromatic N) is 3. The molecule has 4 aromatic rings. The zero-order valence-electron chi connectivity index (χ0n) is 17.6. The van der Waals surface area contributed by atoms with E-state index >= 15 is 0 Å². The predicted molar refractivity (Wildman–Crippen MR) is 119 cm³/mol. The van der Waals surface area contributed by atoms with Gasteiger partial charge >= 0.3 is 5.97 Å². The molecule has 0 spiro atoms. The molecule has 0 atom stereocenters. The number of carbonyl (C=O) groups excluding carboxylic acids is 1. The highest BCUT2D eigenvalue weighted by molar-refractivity contribution is 6.02. The molecule has 0 radical (unpaired) electrons. The van der Waals surface area contributed by atoms with Crippen molar-refractivity contribution in [3.63, 3.8) is 0 Å². The van der Waals surface area contributed by atoms with Crippen LogP contribution >= 0.6 is 0 Å². The van der Waals surface area contributed by atoms with Crippen LogP contribution < -0.4 is 4.74 Å². The van der Waals surface area contributed by atoms with E-state index in [1.165, 1.54) is 25.3 Å². The zero-order chi connectivity index (χ0) is 22.7. The van der Waals surface area contributed by atoms with Crippen LogP contribution in [0.3, 0.4) is 0 Å². The quantitative estimate of drug-likeness (QED) is 0.295. The number of esters is 1. The molecule has 0 N–H and O–H groups in total. The largest absolute Gasteiger partial charge is 0.465 e. The van der Waals surface area contributed by atoms with Gasteiger partial charge in [0.2, 0.25) is 0 Å². The van der Waals surface area contributed by atoms with Crippen molar-refractivity contribution in [2.75, 3.05) is 13.7 Å². The fourth-order valence-electron chi connectivity index (χ4n) is 3.63. The monoisotopic (exact) mass is 429 g/mol. The molecule has 3 aromatic carbocycles. The maximum Gasteiger partial charge on any atom is 0.340 e. The third-order valence-electron chi connectivity index (χ3n) is 5.10. The molecule has 1 heterocycles. The number of halogens is 1. The van der Waals surface area contributed by atoms with Crippen molar-refractivity contribution in [2.45, 2.75) is 13.5 Å². The van der Waals surface area contributed by atoms with Crippen molar-refractivity contribution in [2.24, 2.45) is 0 Å². The maximum atomic E-state index is 13.7. The van der Waals surface area contributed by atoms with E-state index in [2.05, 4.69) is 9.83 Å². The molecule has 0 amide bonds. The molecule has 0 aliphatic heterocycles. The first kappa shape index (κ1) is 21.1. The number of aromatic nitrogens is 2. The minimum Gasteiger partial charge on any atom is -0.465 e. The van der Waals surface area contributed by atoms with Gasteiger partial charge in [-0.25, -0.2) is 14.0 Å². The second-order valence-electron chi connectivity index (χ2n) is 7.05. The van der Waals surface area contributed by atoms with E-state index in [1.807, 2.05) is 41.8 Å². The topological polar surface area (TPSA) is 57.7 Å². The summed E-state index contributed by atoms with van der Waals surface area (Å²) in [5.74, 6) is -0.842. The first-order valence-corrected chi connectivity index (χ1v) is 10.0. The van der Waals surface area contributed by atoms with E-state index in [0.717, 1.165) is 11.1 Å². The third kappa shape index (κ3) is 3.91. The number of methoxy groups -OCH3 is 1. The second-order valence-corrected chi connectivity index (χ2v) is 7.05. The smallest absolute Gasteiger partial charge is 0.340 e. The number of para-hydroxylation sites is 1. The fourth-order valence-corrected chi connectivity index (χ4v) is 3.63. The lowest BCUT2D eigenvalue weighted by Gasteiger charge is -2.12. The summed E-state index contributed by atoms with van der Waals surface area (Å²) < 4.78 is 26.2. The Morgan fingerprint density at radius 1 is 1.16 bits per heavy atom. The van der Waals surface area contributed by atoms with Crippen molar-refractivity contribution in [1.29, 1.82) is 0 Å². The van der Waals surface area contributed by atoms with Gasteiger partial charge in [0, 0.05) is 0 Å². The van der Waals surface area contributed by atoms with Crippen molar-refractivity contribution in [3.8, 4) is 17.1 Å². The van der Waals surface area contributed by atoms with E-state index in [4.69, 9.17) is 16.0 Å². The van der Waals surface area contributed by atoms with Crippen molar-refractivity contribution in [3.05, 3.63) is 89.0 Å². The molecular weight excluding hydrogens is 409 g/mol. The van der Waals surface area contributed by atoms with E-state index in [9.17, 15) is 9.18 Å². The fraction of sp³-hybridized carbons (Fsp3) is 0.160. The Hall–Kier alpha value is -4.18. The summed E-state index contributed by atoms with van der Waals surface area (Å²) in [4.78, 5) is 20.3. The molecule has 7 heteroatoms. The Kier molecular flexibility index (Phi) is 5.86. The zero-order valence-corrected chi connectivity index (χ0v) is 17.6. The lowest BCUT2D eigenvalue weighted by molar-refractivity contribution is 0.0602. The summed E-state index contributed by atoms with van der Waals surface area (Å²) in [6.07, 6.45) is 0. The molecule has 0 fully saturated rings. The first-order valence-electron chi connectivity index (χ1n) is 10.0. The van der Waals surface area contributed by atoms with Crippen LogP contribution in [0.4, 0.5) is 10.1 Å². The van der Waals surface area contributed by atoms with Gasteiger partial charge in [-0.1, -0.05) is 36.4 Å². The summed E-state index contributed by atoms with van der Waals surface area (Å²) >= 11 is 0. The van der Waals surface area contributed by atoms with Crippen LogP contribution in [-0.4, -0.2) is 29.2 Å². The van der Waals surface area contributed by atoms with Gasteiger partial charge in [0.15, 0.2) is 5.69 Å². The van der Waals surface area contributed by atoms with E-state index in [1.54, 1.807) is 12.1 Å². The summed E-state index contributed by atoms with van der Waals surface area (Å²) in [5, 5.41) is 0. The lowest BCUT2D eigenvalue weighted by Crippen LogP contribution is -2.09. The molecule has 0 aliphatic carbocycles. The van der Waals surface area contributed by atoms with Crippen LogP contribution in [0.5, 0.6) is 6.01 Å². The van der Waals surface area contributed by atoms with Crippen molar-refractivity contribution in [1.82, 2.24) is 9.55 Å². The van der Waals surface area contributed by atoms with Crippen molar-refractivity contribution >= 4 is 22.7 Å². The van der Waals surface area contributed by atoms with Gasteiger partial charge in [0.1, 0.15) is 5.82 Å². The van der Waals surface area contributed by atoms with Gasteiger partial charge in [-0.05, 0) is 47.9 Å². The Morgan fingerprint density at radius 3 is 2.62 bits per heavy atom. The number of hydrogen-bond donors (Lipinski definition) is 0. The normalized spacial score (nSPS) is 10.7. The number of imidazole rings is 1. The maximum absolute atomic E-state index is 13.7. The predicted octanol–water partition coefficient (Wildman–Crippen LogP) is 5.63. The minimum absolute atomic E-state index is 0.390. The molecular formula is C25H20FN3O3. The number of rotatable bonds is 6. The highest BCUT2D eigenvalue weighted by atomic mass is 19.1. The lowest BCUT2D eigenvalue weighted by atomic mass is 10.0. The van der Waals surface area contributed by atoms with Crippen LogP contribution in [0.25, 0.3) is 27.0 Å². The third-order valence-corrected chi connectivity index (χ3v) is 5.10. The summed E-state index contributed by atoms with van der Waals surface area (Å²) in [6, 6.07) is 17.3. The Balaban J connectivity index is 1.75. The minimum atomic E-state index is -0.451. The molecule has 160 valence electrons.